The standard InChI is InChI=1S/C14H20FNO2/c1-5-16(9-14(3,4)18)13(17)11-7-6-10(2)12(15)8-11/h6-8,18H,5,9H2,1-4H3. The number of amides is 1. The van der Waals surface area contributed by atoms with Crippen LogP contribution in [-0.4, -0.2) is 34.6 Å². The summed E-state index contributed by atoms with van der Waals surface area (Å²) in [5.74, 6) is -0.654. The van der Waals surface area contributed by atoms with Crippen molar-refractivity contribution in [2.45, 2.75) is 33.3 Å². The zero-order chi connectivity index (χ0) is 13.9. The van der Waals surface area contributed by atoms with Crippen LogP contribution in [0.5, 0.6) is 0 Å². The lowest BCUT2D eigenvalue weighted by molar-refractivity contribution is 0.0314. The Kier molecular flexibility index (Phi) is 4.46. The molecule has 1 N–H and O–H groups in total. The van der Waals surface area contributed by atoms with Crippen molar-refractivity contribution in [2.24, 2.45) is 0 Å². The van der Waals surface area contributed by atoms with Gasteiger partial charge in [-0.3, -0.25) is 4.79 Å². The molecule has 0 saturated carbocycles. The second kappa shape index (κ2) is 5.48. The van der Waals surface area contributed by atoms with Crippen LogP contribution >= 0.6 is 0 Å². The first-order valence-electron chi connectivity index (χ1n) is 6.02. The maximum atomic E-state index is 13.4. The molecule has 0 fully saturated rings. The molecule has 0 aliphatic carbocycles. The van der Waals surface area contributed by atoms with E-state index in [4.69, 9.17) is 0 Å². The van der Waals surface area contributed by atoms with Gasteiger partial charge in [0.05, 0.1) is 5.60 Å². The third kappa shape index (κ3) is 3.81. The molecule has 0 aromatic heterocycles. The molecule has 0 bridgehead atoms. The third-order valence-corrected chi connectivity index (χ3v) is 2.67. The van der Waals surface area contributed by atoms with Gasteiger partial charge in [-0.25, -0.2) is 4.39 Å². The van der Waals surface area contributed by atoms with Crippen molar-refractivity contribution in [3.63, 3.8) is 0 Å². The van der Waals surface area contributed by atoms with Gasteiger partial charge >= 0.3 is 0 Å². The van der Waals surface area contributed by atoms with Crippen LogP contribution in [0.25, 0.3) is 0 Å². The molecule has 0 aliphatic rings. The van der Waals surface area contributed by atoms with Gasteiger partial charge in [-0.05, 0) is 45.4 Å². The van der Waals surface area contributed by atoms with Gasteiger partial charge in [-0.2, -0.15) is 0 Å². The normalized spacial score (nSPS) is 11.4. The van der Waals surface area contributed by atoms with Crippen molar-refractivity contribution >= 4 is 5.91 Å². The van der Waals surface area contributed by atoms with Gasteiger partial charge in [0.25, 0.3) is 5.91 Å². The summed E-state index contributed by atoms with van der Waals surface area (Å²) in [5, 5.41) is 9.75. The maximum absolute atomic E-state index is 13.4. The first kappa shape index (κ1) is 14.6. The van der Waals surface area contributed by atoms with Gasteiger partial charge in [-0.1, -0.05) is 6.07 Å². The first-order chi connectivity index (χ1) is 8.24. The van der Waals surface area contributed by atoms with Gasteiger partial charge in [0.1, 0.15) is 5.82 Å². The van der Waals surface area contributed by atoms with Gasteiger partial charge in [0, 0.05) is 18.7 Å². The molecule has 0 unspecified atom stereocenters. The minimum Gasteiger partial charge on any atom is -0.389 e. The molecule has 100 valence electrons. The number of benzene rings is 1. The summed E-state index contributed by atoms with van der Waals surface area (Å²) in [6.07, 6.45) is 0. The van der Waals surface area contributed by atoms with E-state index in [9.17, 15) is 14.3 Å². The van der Waals surface area contributed by atoms with E-state index < -0.39 is 5.60 Å². The largest absolute Gasteiger partial charge is 0.389 e. The predicted octanol–water partition coefficient (Wildman–Crippen LogP) is 2.37. The third-order valence-electron chi connectivity index (χ3n) is 2.67. The zero-order valence-corrected chi connectivity index (χ0v) is 11.3. The number of carbonyl (C=O) groups excluding carboxylic acids is 1. The summed E-state index contributed by atoms with van der Waals surface area (Å²) < 4.78 is 13.4. The SMILES string of the molecule is CCN(CC(C)(C)O)C(=O)c1ccc(C)c(F)c1. The zero-order valence-electron chi connectivity index (χ0n) is 11.3. The molecule has 0 heterocycles. The molecular formula is C14H20FNO2. The van der Waals surface area contributed by atoms with Gasteiger partial charge < -0.3 is 10.0 Å². The van der Waals surface area contributed by atoms with Crippen molar-refractivity contribution < 1.29 is 14.3 Å². The van der Waals surface area contributed by atoms with E-state index in [-0.39, 0.29) is 18.3 Å². The highest BCUT2D eigenvalue weighted by Crippen LogP contribution is 2.13. The lowest BCUT2D eigenvalue weighted by atomic mass is 10.1. The Bertz CT molecular complexity index is 438. The quantitative estimate of drug-likeness (QED) is 0.895. The lowest BCUT2D eigenvalue weighted by Gasteiger charge is -2.28. The lowest BCUT2D eigenvalue weighted by Crippen LogP contribution is -2.42. The van der Waals surface area contributed by atoms with E-state index in [2.05, 4.69) is 0 Å². The summed E-state index contributed by atoms with van der Waals surface area (Å²) in [5.41, 5.74) is -0.143. The van der Waals surface area contributed by atoms with Crippen molar-refractivity contribution in [2.75, 3.05) is 13.1 Å². The molecule has 0 spiro atoms. The Morgan fingerprint density at radius 3 is 2.50 bits per heavy atom. The van der Waals surface area contributed by atoms with E-state index in [0.717, 1.165) is 0 Å². The van der Waals surface area contributed by atoms with Crippen LogP contribution in [0.15, 0.2) is 18.2 Å². The molecular weight excluding hydrogens is 233 g/mol. The van der Waals surface area contributed by atoms with Crippen LogP contribution in [0.1, 0.15) is 36.7 Å². The fraction of sp³-hybridized carbons (Fsp3) is 0.500. The minimum atomic E-state index is -0.963. The smallest absolute Gasteiger partial charge is 0.254 e. The molecule has 0 saturated heterocycles. The van der Waals surface area contributed by atoms with Crippen molar-refractivity contribution in [3.8, 4) is 0 Å². The average molecular weight is 253 g/mol. The van der Waals surface area contributed by atoms with E-state index in [0.29, 0.717) is 17.7 Å². The van der Waals surface area contributed by atoms with Crippen molar-refractivity contribution in [1.82, 2.24) is 4.90 Å². The summed E-state index contributed by atoms with van der Waals surface area (Å²) in [6.45, 7) is 7.44. The monoisotopic (exact) mass is 253 g/mol. The Hall–Kier alpha value is -1.42. The number of aryl methyl sites for hydroxylation is 1. The van der Waals surface area contributed by atoms with E-state index in [1.807, 2.05) is 6.92 Å². The predicted molar refractivity (Wildman–Crippen MR) is 69.0 cm³/mol. The molecule has 18 heavy (non-hydrogen) atoms. The van der Waals surface area contributed by atoms with Gasteiger partial charge in [0.15, 0.2) is 0 Å². The second-order valence-electron chi connectivity index (χ2n) is 5.10. The summed E-state index contributed by atoms with van der Waals surface area (Å²) in [7, 11) is 0. The number of hydrogen-bond donors (Lipinski definition) is 1. The van der Waals surface area contributed by atoms with Gasteiger partial charge in [0.2, 0.25) is 0 Å². The van der Waals surface area contributed by atoms with Crippen LogP contribution in [0.4, 0.5) is 4.39 Å². The van der Waals surface area contributed by atoms with Crippen LogP contribution in [-0.2, 0) is 0 Å². The Balaban J connectivity index is 2.93. The molecule has 1 aromatic rings. The van der Waals surface area contributed by atoms with Crippen LogP contribution in [0.2, 0.25) is 0 Å². The number of halogens is 1. The van der Waals surface area contributed by atoms with Crippen molar-refractivity contribution in [1.29, 1.82) is 0 Å². The average Bonchev–Trinajstić information content (AvgIpc) is 2.27. The van der Waals surface area contributed by atoms with Crippen LogP contribution in [0, 0.1) is 12.7 Å². The number of carbonyl (C=O) groups is 1. The van der Waals surface area contributed by atoms with E-state index >= 15 is 0 Å². The summed E-state index contributed by atoms with van der Waals surface area (Å²) >= 11 is 0. The Morgan fingerprint density at radius 1 is 1.44 bits per heavy atom. The molecule has 0 radical (unpaired) electrons. The van der Waals surface area contributed by atoms with E-state index in [1.165, 1.54) is 11.0 Å². The Labute approximate surface area is 107 Å². The topological polar surface area (TPSA) is 40.5 Å². The number of likely N-dealkylation sites (N-methyl/N-ethyl adjacent to an activating group) is 1. The number of aliphatic hydroxyl groups is 1. The van der Waals surface area contributed by atoms with Gasteiger partial charge in [-0.15, -0.1) is 0 Å². The fourth-order valence-corrected chi connectivity index (χ4v) is 1.70. The summed E-state index contributed by atoms with van der Waals surface area (Å²) in [4.78, 5) is 13.7. The minimum absolute atomic E-state index is 0.220. The number of rotatable bonds is 4. The molecule has 0 atom stereocenters. The maximum Gasteiger partial charge on any atom is 0.254 e. The highest BCUT2D eigenvalue weighted by molar-refractivity contribution is 5.94. The summed E-state index contributed by atoms with van der Waals surface area (Å²) in [6, 6.07) is 4.43. The molecule has 0 aliphatic heterocycles. The number of hydrogen-bond acceptors (Lipinski definition) is 2. The fourth-order valence-electron chi connectivity index (χ4n) is 1.70. The van der Waals surface area contributed by atoms with Crippen molar-refractivity contribution in [3.05, 3.63) is 35.1 Å². The number of nitrogens with zero attached hydrogens (tertiary/aromatic N) is 1. The second-order valence-corrected chi connectivity index (χ2v) is 5.10. The molecule has 1 rings (SSSR count). The highest BCUT2D eigenvalue weighted by Gasteiger charge is 2.22. The molecule has 3 nitrogen and oxygen atoms in total. The first-order valence-corrected chi connectivity index (χ1v) is 6.02. The molecule has 4 heteroatoms. The van der Waals surface area contributed by atoms with Crippen LogP contribution in [0.3, 0.4) is 0 Å². The highest BCUT2D eigenvalue weighted by atomic mass is 19.1. The Morgan fingerprint density at radius 2 is 2.06 bits per heavy atom. The van der Waals surface area contributed by atoms with E-state index in [1.54, 1.807) is 32.9 Å². The molecule has 1 aromatic carbocycles. The van der Waals surface area contributed by atoms with Crippen LogP contribution < -0.4 is 0 Å². The molecule has 1 amide bonds.